The first-order chi connectivity index (χ1) is 32.3. The number of carboxylic acid groups (broad SMARTS) is 2. The van der Waals surface area contributed by atoms with E-state index in [4.69, 9.17) is 24.2 Å². The van der Waals surface area contributed by atoms with Crippen molar-refractivity contribution >= 4 is 72.4 Å². The molecule has 353 valence electrons. The molecule has 70 heavy (non-hydrogen) atoms. The number of carbonyl (C=O) groups excluding carboxylic acids is 2. The predicted molar refractivity (Wildman–Crippen MR) is 259 cm³/mol. The molecule has 8 rings (SSSR count). The Hall–Kier alpha value is -7.78. The number of carbonyl (C=O) groups is 4. The summed E-state index contributed by atoms with van der Waals surface area (Å²) >= 11 is 0. The third-order valence-corrected chi connectivity index (χ3v) is 11.2. The monoisotopic (exact) mass is 959 g/mol. The van der Waals surface area contributed by atoms with Gasteiger partial charge in [0.05, 0.1) is 60.7 Å². The molecule has 2 aliphatic rings. The molecule has 6 aromatic rings. The van der Waals surface area contributed by atoms with Crippen LogP contribution in [-0.4, -0.2) is 75.9 Å². The van der Waals surface area contributed by atoms with Crippen LogP contribution in [0.5, 0.6) is 0 Å². The van der Waals surface area contributed by atoms with Crippen molar-refractivity contribution in [1.82, 2.24) is 0 Å². The Labute approximate surface area is 426 Å². The van der Waals surface area contributed by atoms with Gasteiger partial charge < -0.3 is 25.6 Å². The molecule has 19 nitrogen and oxygen atoms in total. The van der Waals surface area contributed by atoms with E-state index in [1.54, 1.807) is 57.2 Å². The van der Waals surface area contributed by atoms with E-state index in [2.05, 4.69) is 10.2 Å². The molecule has 0 fully saturated rings. The maximum atomic E-state index is 13.0. The number of hydrogen-bond donors (Lipinski definition) is 3. The predicted octanol–water partition coefficient (Wildman–Crippen LogP) is 6.07. The van der Waals surface area contributed by atoms with Crippen LogP contribution < -0.4 is 39.6 Å². The van der Waals surface area contributed by atoms with Crippen molar-refractivity contribution in [3.05, 3.63) is 168 Å². The van der Waals surface area contributed by atoms with Crippen LogP contribution in [0.4, 0.5) is 22.7 Å². The Kier molecular flexibility index (Phi) is 18.0. The number of amides is 2. The topological polar surface area (TPSA) is 273 Å². The molecule has 1 unspecified atom stereocenters. The van der Waals surface area contributed by atoms with Crippen LogP contribution >= 0.6 is 0 Å². The third kappa shape index (κ3) is 11.7. The number of anilines is 2. The van der Waals surface area contributed by atoms with Crippen LogP contribution in [0.1, 0.15) is 69.8 Å². The maximum Gasteiger partial charge on any atom is 1.00 e. The fourth-order valence-corrected chi connectivity index (χ4v) is 7.22. The van der Waals surface area contributed by atoms with Gasteiger partial charge in [0.15, 0.2) is 0 Å². The molecular formula is C49H45BN6NaO13. The van der Waals surface area contributed by atoms with Crippen LogP contribution in [0, 0.1) is 53.8 Å². The van der Waals surface area contributed by atoms with Gasteiger partial charge in [0.25, 0.3) is 23.2 Å². The summed E-state index contributed by atoms with van der Waals surface area (Å²) < 4.78 is 11.7. The van der Waals surface area contributed by atoms with Gasteiger partial charge in [0.1, 0.15) is 23.0 Å². The van der Waals surface area contributed by atoms with E-state index in [0.717, 1.165) is 29.4 Å². The smallest absolute Gasteiger partial charge is 1.00 e. The van der Waals surface area contributed by atoms with Gasteiger partial charge in [-0.25, -0.2) is 14.6 Å². The van der Waals surface area contributed by atoms with E-state index in [1.165, 1.54) is 76.8 Å². The molecule has 3 radical (unpaired) electrons. The van der Waals surface area contributed by atoms with E-state index in [1.807, 2.05) is 20.8 Å². The maximum absolute atomic E-state index is 13.0. The van der Waals surface area contributed by atoms with E-state index in [0.29, 0.717) is 62.5 Å². The zero-order chi connectivity index (χ0) is 49.7. The van der Waals surface area contributed by atoms with Crippen molar-refractivity contribution in [2.45, 2.75) is 48.0 Å². The number of hydrazone groups is 2. The number of aryl methyl sites for hydroxylation is 4. The number of nitro benzene ring substituents is 2. The first kappa shape index (κ1) is 54.8. The second-order valence-corrected chi connectivity index (χ2v) is 15.6. The molecule has 4 heterocycles. The molecule has 3 N–H and O–H groups in total. The number of rotatable bonds is 11. The Morgan fingerprint density at radius 3 is 1.59 bits per heavy atom. The molecule has 1 atom stereocenters. The Morgan fingerprint density at radius 1 is 0.671 bits per heavy atom. The number of nitrogens with zero attached hydrogens (tertiary/aromatic N) is 6. The minimum atomic E-state index is -1.06. The first-order valence-corrected chi connectivity index (χ1v) is 20.6. The molecule has 2 aromatic heterocycles. The average molecular weight is 960 g/mol. The van der Waals surface area contributed by atoms with Gasteiger partial charge in [-0.1, -0.05) is 0 Å². The molecule has 0 aliphatic carbocycles. The van der Waals surface area contributed by atoms with E-state index in [-0.39, 0.29) is 74.2 Å². The third-order valence-electron chi connectivity index (χ3n) is 11.2. The van der Waals surface area contributed by atoms with Crippen LogP contribution in [0.2, 0.25) is 0 Å². The second kappa shape index (κ2) is 23.0. The van der Waals surface area contributed by atoms with Crippen molar-refractivity contribution in [2.75, 3.05) is 17.1 Å². The molecule has 21 heteroatoms. The number of carboxylic acids is 2. The fraction of sp³-hybridized carbons (Fsp3) is 0.184. The van der Waals surface area contributed by atoms with Gasteiger partial charge in [0, 0.05) is 39.8 Å². The molecule has 4 aromatic carbocycles. The molecule has 0 saturated carbocycles. The van der Waals surface area contributed by atoms with Gasteiger partial charge in [0.2, 0.25) is 0 Å². The van der Waals surface area contributed by atoms with Crippen molar-refractivity contribution in [3.8, 4) is 22.6 Å². The van der Waals surface area contributed by atoms with Crippen LogP contribution in [0.3, 0.4) is 0 Å². The normalized spacial score (nSPS) is 14.3. The van der Waals surface area contributed by atoms with Gasteiger partial charge in [-0.15, -0.1) is 0 Å². The standard InChI is InChI=1S/C24H21N3O6.C24H19N3O6.CH4O.B.Na.H/c2*1-13-10-20(21(27(31)32)11-14(13)2)22-9-8-18(33-22)12-19-15(3)25-26(23(19)28)17-6-4-16(5-7-17)24(29)30;1-2;;;/h4-11,19H,12H2,1-3H3,(H,29,30);4-12H,1-3H3,(H,29,30);2H,1H3;;;/q;;;;+1;-1/b;19-12-;;;;. The molecule has 2 amide bonds. The molecule has 0 bridgehead atoms. The first-order valence-electron chi connectivity index (χ1n) is 20.6. The zero-order valence-corrected chi connectivity index (χ0v) is 41.3. The number of hydrogen-bond acceptors (Lipinski definition) is 13. The quantitative estimate of drug-likeness (QED) is 0.0576. The number of furan rings is 2. The van der Waals surface area contributed by atoms with Gasteiger partial charge >= 0.3 is 41.5 Å². The summed E-state index contributed by atoms with van der Waals surface area (Å²) in [6, 6.07) is 24.8. The summed E-state index contributed by atoms with van der Waals surface area (Å²) in [5, 5.41) is 59.2. The minimum absolute atomic E-state index is 0. The summed E-state index contributed by atoms with van der Waals surface area (Å²) in [6.07, 6.45) is 1.78. The van der Waals surface area contributed by atoms with Crippen LogP contribution in [-0.2, 0) is 16.0 Å². The Morgan fingerprint density at radius 2 is 1.11 bits per heavy atom. The number of aliphatic hydroxyl groups is 1. The number of nitro groups is 2. The van der Waals surface area contributed by atoms with E-state index < -0.39 is 33.6 Å². The minimum Gasteiger partial charge on any atom is -1.00 e. The van der Waals surface area contributed by atoms with Crippen LogP contribution in [0.25, 0.3) is 28.7 Å². The fourth-order valence-electron chi connectivity index (χ4n) is 7.22. The van der Waals surface area contributed by atoms with Gasteiger partial charge in [-0.05, 0) is 155 Å². The summed E-state index contributed by atoms with van der Waals surface area (Å²) in [5.41, 5.74) is 6.54. The van der Waals surface area contributed by atoms with E-state index in [9.17, 15) is 39.4 Å². The largest absolute Gasteiger partial charge is 1.00 e. The summed E-state index contributed by atoms with van der Waals surface area (Å²) in [6.45, 7) is 10.8. The van der Waals surface area contributed by atoms with Crippen molar-refractivity contribution in [1.29, 1.82) is 0 Å². The van der Waals surface area contributed by atoms with E-state index >= 15 is 0 Å². The number of aliphatic hydroxyl groups excluding tert-OH is 1. The summed E-state index contributed by atoms with van der Waals surface area (Å²) in [4.78, 5) is 70.2. The summed E-state index contributed by atoms with van der Waals surface area (Å²) in [5.74, 6) is -1.79. The summed E-state index contributed by atoms with van der Waals surface area (Å²) in [7, 11) is 1.00. The zero-order valence-electron chi connectivity index (χ0n) is 40.3. The van der Waals surface area contributed by atoms with Gasteiger partial charge in [-0.3, -0.25) is 29.8 Å². The Balaban J connectivity index is 0.000000348. The number of aromatic carboxylic acids is 2. The average Bonchev–Trinajstić information content (AvgIpc) is 4.11. The molecule has 2 aliphatic heterocycles. The van der Waals surface area contributed by atoms with Crippen molar-refractivity contribution < 1.29 is 84.2 Å². The number of benzene rings is 4. The molecular weight excluding hydrogens is 914 g/mol. The Bertz CT molecular complexity index is 3110. The SMILES string of the molecule is CC1=NN(c2ccc(C(=O)O)cc2)C(=O)/C1=C\c1ccc(-c2cc(C)c(C)cc2[N+](=O)[O-])o1.CC1=NN(c2ccc(C(=O)O)cc2)C(=O)C1Cc1ccc(-c2cc(C)c(C)cc2[N+](=O)[O-])o1.CO.[B].[H-].[Na+]. The van der Waals surface area contributed by atoms with Crippen LogP contribution in [0.15, 0.2) is 122 Å². The molecule has 0 spiro atoms. The molecule has 0 saturated heterocycles. The second-order valence-electron chi connectivity index (χ2n) is 15.6. The van der Waals surface area contributed by atoms with Gasteiger partial charge in [-0.2, -0.15) is 15.2 Å². The van der Waals surface area contributed by atoms with Crippen molar-refractivity contribution in [3.63, 3.8) is 0 Å². The van der Waals surface area contributed by atoms with Crippen molar-refractivity contribution in [2.24, 2.45) is 16.1 Å².